The Labute approximate surface area is 67.5 Å². The predicted octanol–water partition coefficient (Wildman–Crippen LogP) is 0.420. The molecule has 0 amide bonds. The summed E-state index contributed by atoms with van der Waals surface area (Å²) in [4.78, 5) is 10.0. The molecular weight excluding hydrogens is 156 g/mol. The number of carbonyl (C=O) groups excluding carboxylic acids is 1. The zero-order valence-electron chi connectivity index (χ0n) is 6.36. The molecule has 0 aromatic heterocycles. The molecule has 1 unspecified atom stereocenters. The van der Waals surface area contributed by atoms with Crippen molar-refractivity contribution in [3.8, 4) is 0 Å². The van der Waals surface area contributed by atoms with Crippen LogP contribution in [0.15, 0.2) is 30.3 Å². The van der Waals surface area contributed by atoms with Crippen LogP contribution in [0.25, 0.3) is 0 Å². The second-order valence-electron chi connectivity index (χ2n) is 2.29. The first-order valence-electron chi connectivity index (χ1n) is 3.48. The van der Waals surface area contributed by atoms with Crippen LogP contribution in [-0.2, 0) is 9.22 Å². The molecular formula is C8H10O2Si. The molecule has 1 aromatic carbocycles. The first-order valence-corrected chi connectivity index (χ1v) is 5.69. The molecule has 1 aromatic rings. The summed E-state index contributed by atoms with van der Waals surface area (Å²) in [5.41, 5.74) is 0. The fourth-order valence-electron chi connectivity index (χ4n) is 0.886. The standard InChI is InChI=1S/C8H10O2Si/c1-11(10-7-9)8-5-3-2-4-6-8/h2-7,11H,1H3. The molecule has 0 N–H and O–H groups in total. The van der Waals surface area contributed by atoms with E-state index in [1.165, 1.54) is 0 Å². The van der Waals surface area contributed by atoms with Gasteiger partial charge in [-0.3, -0.25) is 4.79 Å². The molecule has 1 atom stereocenters. The zero-order valence-corrected chi connectivity index (χ0v) is 7.51. The summed E-state index contributed by atoms with van der Waals surface area (Å²) in [7, 11) is -1.43. The topological polar surface area (TPSA) is 26.3 Å². The molecule has 58 valence electrons. The second-order valence-corrected chi connectivity index (χ2v) is 4.51. The van der Waals surface area contributed by atoms with Gasteiger partial charge in [0.2, 0.25) is 0 Å². The Kier molecular flexibility index (Phi) is 2.86. The fraction of sp³-hybridized carbons (Fsp3) is 0.125. The lowest BCUT2D eigenvalue weighted by Gasteiger charge is -2.06. The maximum absolute atomic E-state index is 10.0. The lowest BCUT2D eigenvalue weighted by molar-refractivity contribution is -0.120. The summed E-state index contributed by atoms with van der Waals surface area (Å²) in [5, 5.41) is 1.15. The highest BCUT2D eigenvalue weighted by Gasteiger charge is 2.06. The van der Waals surface area contributed by atoms with Gasteiger partial charge in [0, 0.05) is 0 Å². The van der Waals surface area contributed by atoms with Crippen molar-refractivity contribution in [2.24, 2.45) is 0 Å². The Balaban J connectivity index is 2.68. The third-order valence-electron chi connectivity index (χ3n) is 1.53. The third kappa shape index (κ3) is 2.20. The Morgan fingerprint density at radius 1 is 1.36 bits per heavy atom. The van der Waals surface area contributed by atoms with Gasteiger partial charge in [-0.15, -0.1) is 0 Å². The number of hydrogen-bond acceptors (Lipinski definition) is 2. The van der Waals surface area contributed by atoms with Crippen LogP contribution in [0.1, 0.15) is 0 Å². The molecule has 3 heteroatoms. The van der Waals surface area contributed by atoms with Gasteiger partial charge in [0.15, 0.2) is 0 Å². The smallest absolute Gasteiger partial charge is 0.279 e. The van der Waals surface area contributed by atoms with Crippen LogP contribution in [-0.4, -0.2) is 15.5 Å². The van der Waals surface area contributed by atoms with Gasteiger partial charge in [-0.05, 0) is 11.7 Å². The minimum absolute atomic E-state index is 0.532. The fourth-order valence-corrected chi connectivity index (χ4v) is 1.97. The molecule has 0 fully saturated rings. The van der Waals surface area contributed by atoms with Crippen molar-refractivity contribution in [1.82, 2.24) is 0 Å². The molecule has 0 heterocycles. The van der Waals surface area contributed by atoms with Crippen LogP contribution in [0.2, 0.25) is 6.55 Å². The predicted molar refractivity (Wildman–Crippen MR) is 46.2 cm³/mol. The van der Waals surface area contributed by atoms with Crippen molar-refractivity contribution in [3.63, 3.8) is 0 Å². The molecule has 0 saturated carbocycles. The van der Waals surface area contributed by atoms with E-state index >= 15 is 0 Å². The van der Waals surface area contributed by atoms with Gasteiger partial charge in [-0.2, -0.15) is 0 Å². The lowest BCUT2D eigenvalue weighted by Crippen LogP contribution is -2.29. The summed E-state index contributed by atoms with van der Waals surface area (Å²) in [6, 6.07) is 9.83. The Hall–Kier alpha value is -1.09. The highest BCUT2D eigenvalue weighted by molar-refractivity contribution is 6.67. The maximum Gasteiger partial charge on any atom is 0.279 e. The average Bonchev–Trinajstić information content (AvgIpc) is 2.07. The Bertz CT molecular complexity index is 223. The zero-order chi connectivity index (χ0) is 8.10. The van der Waals surface area contributed by atoms with E-state index in [0.29, 0.717) is 6.47 Å². The molecule has 0 saturated heterocycles. The van der Waals surface area contributed by atoms with Gasteiger partial charge < -0.3 is 4.43 Å². The molecule has 0 spiro atoms. The van der Waals surface area contributed by atoms with Crippen molar-refractivity contribution in [2.75, 3.05) is 0 Å². The molecule has 0 bridgehead atoms. The van der Waals surface area contributed by atoms with Gasteiger partial charge in [-0.1, -0.05) is 30.3 Å². The summed E-state index contributed by atoms with van der Waals surface area (Å²) >= 11 is 0. The molecule has 0 aliphatic carbocycles. The summed E-state index contributed by atoms with van der Waals surface area (Å²) in [5.74, 6) is 0. The van der Waals surface area contributed by atoms with Crippen LogP contribution in [0.5, 0.6) is 0 Å². The van der Waals surface area contributed by atoms with Crippen LogP contribution >= 0.6 is 0 Å². The number of rotatable bonds is 3. The minimum Gasteiger partial charge on any atom is -0.520 e. The van der Waals surface area contributed by atoms with E-state index in [2.05, 4.69) is 0 Å². The average molecular weight is 166 g/mol. The quantitative estimate of drug-likeness (QED) is 0.480. The van der Waals surface area contributed by atoms with Crippen molar-refractivity contribution in [3.05, 3.63) is 30.3 Å². The molecule has 2 nitrogen and oxygen atoms in total. The second kappa shape index (κ2) is 3.93. The molecule has 0 radical (unpaired) electrons. The van der Waals surface area contributed by atoms with Gasteiger partial charge >= 0.3 is 0 Å². The summed E-state index contributed by atoms with van der Waals surface area (Å²) in [6.45, 7) is 2.51. The number of benzene rings is 1. The highest BCUT2D eigenvalue weighted by Crippen LogP contribution is 1.87. The van der Waals surface area contributed by atoms with Gasteiger partial charge in [0.25, 0.3) is 15.5 Å². The molecule has 1 rings (SSSR count). The van der Waals surface area contributed by atoms with Crippen LogP contribution in [0.4, 0.5) is 0 Å². The van der Waals surface area contributed by atoms with Crippen molar-refractivity contribution >= 4 is 20.7 Å². The largest absolute Gasteiger partial charge is 0.520 e. The third-order valence-corrected chi connectivity index (χ3v) is 3.37. The van der Waals surface area contributed by atoms with E-state index in [9.17, 15) is 4.79 Å². The number of carbonyl (C=O) groups is 1. The van der Waals surface area contributed by atoms with Gasteiger partial charge in [-0.25, -0.2) is 0 Å². The molecule has 0 aliphatic heterocycles. The number of hydrogen-bond donors (Lipinski definition) is 0. The monoisotopic (exact) mass is 166 g/mol. The molecule has 11 heavy (non-hydrogen) atoms. The van der Waals surface area contributed by atoms with Gasteiger partial charge in [0.05, 0.1) is 0 Å². The summed E-state index contributed by atoms with van der Waals surface area (Å²) < 4.78 is 4.89. The van der Waals surface area contributed by atoms with E-state index in [4.69, 9.17) is 4.43 Å². The van der Waals surface area contributed by atoms with Crippen LogP contribution < -0.4 is 5.19 Å². The van der Waals surface area contributed by atoms with E-state index in [1.807, 2.05) is 36.9 Å². The van der Waals surface area contributed by atoms with Gasteiger partial charge in [0.1, 0.15) is 0 Å². The highest BCUT2D eigenvalue weighted by atomic mass is 28.3. The van der Waals surface area contributed by atoms with Crippen molar-refractivity contribution in [1.29, 1.82) is 0 Å². The Morgan fingerprint density at radius 3 is 2.55 bits per heavy atom. The maximum atomic E-state index is 10.0. The summed E-state index contributed by atoms with van der Waals surface area (Å²) in [6.07, 6.45) is 0. The SMILES string of the molecule is C[SiH](OC=O)c1ccccc1. The van der Waals surface area contributed by atoms with E-state index in [0.717, 1.165) is 5.19 Å². The van der Waals surface area contributed by atoms with Crippen molar-refractivity contribution < 1.29 is 9.22 Å². The minimum atomic E-state index is -1.43. The van der Waals surface area contributed by atoms with E-state index in [-0.39, 0.29) is 0 Å². The van der Waals surface area contributed by atoms with E-state index in [1.54, 1.807) is 0 Å². The van der Waals surface area contributed by atoms with Crippen molar-refractivity contribution in [2.45, 2.75) is 6.55 Å². The van der Waals surface area contributed by atoms with Crippen LogP contribution in [0, 0.1) is 0 Å². The Morgan fingerprint density at radius 2 is 2.00 bits per heavy atom. The van der Waals surface area contributed by atoms with Crippen LogP contribution in [0.3, 0.4) is 0 Å². The first kappa shape index (κ1) is 8.01. The lowest BCUT2D eigenvalue weighted by atomic mass is 10.4. The first-order chi connectivity index (χ1) is 5.34. The normalized spacial score (nSPS) is 12.1. The molecule has 0 aliphatic rings. The van der Waals surface area contributed by atoms with E-state index < -0.39 is 9.04 Å².